The lowest BCUT2D eigenvalue weighted by Crippen LogP contribution is -1.99. The lowest BCUT2D eigenvalue weighted by molar-refractivity contribution is 0.686. The molecule has 1 aliphatic carbocycles. The molecule has 0 fully saturated rings. The molecule has 1 rings (SSSR count). The second-order valence-corrected chi connectivity index (χ2v) is 5.90. The highest BCUT2D eigenvalue weighted by Gasteiger charge is 2.09. The molecule has 0 aromatic carbocycles. The molecular weight excluding hydrogens is 204 g/mol. The normalized spacial score (nSPS) is 18.9. The Bertz CT molecular complexity index is 324. The third-order valence-electron chi connectivity index (χ3n) is 3.55. The van der Waals surface area contributed by atoms with Gasteiger partial charge >= 0.3 is 0 Å². The Morgan fingerprint density at radius 2 is 1.59 bits per heavy atom. The summed E-state index contributed by atoms with van der Waals surface area (Å²) >= 11 is 0. The second-order valence-electron chi connectivity index (χ2n) is 5.90. The van der Waals surface area contributed by atoms with E-state index in [9.17, 15) is 0 Å². The standard InChI is InChI=1S/C17H28/c1-13(2)10-11-16-8-6-7-9-17(16)12-15(5)14(3)4/h10-14H,6-9H2,1-5H3/b11-10+,15-12+. The van der Waals surface area contributed by atoms with E-state index < -0.39 is 0 Å². The van der Waals surface area contributed by atoms with Crippen LogP contribution in [0.25, 0.3) is 0 Å². The highest BCUT2D eigenvalue weighted by Crippen LogP contribution is 2.28. The molecule has 0 radical (unpaired) electrons. The van der Waals surface area contributed by atoms with E-state index in [4.69, 9.17) is 0 Å². The summed E-state index contributed by atoms with van der Waals surface area (Å²) in [4.78, 5) is 0. The summed E-state index contributed by atoms with van der Waals surface area (Å²) in [6, 6.07) is 0. The van der Waals surface area contributed by atoms with Gasteiger partial charge < -0.3 is 0 Å². The first kappa shape index (κ1) is 14.3. The first-order chi connectivity index (χ1) is 8.00. The number of rotatable bonds is 4. The SMILES string of the molecule is C/C(=C\C1=C(/C=C/C(C)C)CCCC1)C(C)C. The van der Waals surface area contributed by atoms with Crippen molar-refractivity contribution in [2.24, 2.45) is 11.8 Å². The van der Waals surface area contributed by atoms with Crippen LogP contribution in [0.3, 0.4) is 0 Å². The third-order valence-corrected chi connectivity index (χ3v) is 3.55. The van der Waals surface area contributed by atoms with Crippen molar-refractivity contribution in [3.63, 3.8) is 0 Å². The third kappa shape index (κ3) is 4.93. The van der Waals surface area contributed by atoms with Crippen LogP contribution < -0.4 is 0 Å². The first-order valence-electron chi connectivity index (χ1n) is 7.09. The van der Waals surface area contributed by atoms with E-state index in [1.165, 1.54) is 31.3 Å². The zero-order valence-corrected chi connectivity index (χ0v) is 12.2. The van der Waals surface area contributed by atoms with E-state index in [0.29, 0.717) is 11.8 Å². The second kappa shape index (κ2) is 6.83. The van der Waals surface area contributed by atoms with E-state index in [1.54, 1.807) is 11.1 Å². The molecule has 0 N–H and O–H groups in total. The fourth-order valence-corrected chi connectivity index (χ4v) is 2.06. The van der Waals surface area contributed by atoms with Gasteiger partial charge in [-0.3, -0.25) is 0 Å². The van der Waals surface area contributed by atoms with Gasteiger partial charge in [0.25, 0.3) is 0 Å². The Morgan fingerprint density at radius 3 is 2.12 bits per heavy atom. The van der Waals surface area contributed by atoms with Gasteiger partial charge in [0.1, 0.15) is 0 Å². The summed E-state index contributed by atoms with van der Waals surface area (Å²) in [5.74, 6) is 1.32. The smallest absolute Gasteiger partial charge is 0.0260 e. The molecule has 0 aromatic heterocycles. The van der Waals surface area contributed by atoms with E-state index in [2.05, 4.69) is 52.8 Å². The predicted molar refractivity (Wildman–Crippen MR) is 78.1 cm³/mol. The quantitative estimate of drug-likeness (QED) is 0.585. The van der Waals surface area contributed by atoms with Crippen LogP contribution in [0.4, 0.5) is 0 Å². The van der Waals surface area contributed by atoms with Crippen LogP contribution in [0, 0.1) is 11.8 Å². The van der Waals surface area contributed by atoms with Crippen LogP contribution in [-0.2, 0) is 0 Å². The van der Waals surface area contributed by atoms with Crippen molar-refractivity contribution in [1.82, 2.24) is 0 Å². The zero-order valence-electron chi connectivity index (χ0n) is 12.2. The van der Waals surface area contributed by atoms with E-state index >= 15 is 0 Å². The maximum atomic E-state index is 2.43. The highest BCUT2D eigenvalue weighted by atomic mass is 14.1. The Morgan fingerprint density at radius 1 is 1.00 bits per heavy atom. The van der Waals surface area contributed by atoms with Crippen molar-refractivity contribution < 1.29 is 0 Å². The molecule has 0 bridgehead atoms. The monoisotopic (exact) mass is 232 g/mol. The van der Waals surface area contributed by atoms with Crippen molar-refractivity contribution in [1.29, 1.82) is 0 Å². The molecule has 0 aromatic rings. The molecule has 0 aliphatic heterocycles. The molecule has 96 valence electrons. The first-order valence-corrected chi connectivity index (χ1v) is 7.09. The van der Waals surface area contributed by atoms with E-state index in [-0.39, 0.29) is 0 Å². The van der Waals surface area contributed by atoms with Gasteiger partial charge in [-0.2, -0.15) is 0 Å². The van der Waals surface area contributed by atoms with Gasteiger partial charge in [-0.05, 0) is 55.6 Å². The van der Waals surface area contributed by atoms with Gasteiger partial charge in [0.15, 0.2) is 0 Å². The van der Waals surface area contributed by atoms with Gasteiger partial charge in [0.05, 0.1) is 0 Å². The van der Waals surface area contributed by atoms with Gasteiger partial charge in [0.2, 0.25) is 0 Å². The summed E-state index contributed by atoms with van der Waals surface area (Å²) in [7, 11) is 0. The molecule has 0 nitrogen and oxygen atoms in total. The lowest BCUT2D eigenvalue weighted by atomic mass is 9.88. The average Bonchev–Trinajstić information content (AvgIpc) is 2.27. The van der Waals surface area contributed by atoms with E-state index in [0.717, 1.165) is 0 Å². The Hall–Kier alpha value is -0.780. The fraction of sp³-hybridized carbons (Fsp3) is 0.647. The molecule has 0 atom stereocenters. The molecule has 0 saturated heterocycles. The summed E-state index contributed by atoms with van der Waals surface area (Å²) in [6.07, 6.45) is 12.4. The van der Waals surface area contributed by atoms with Gasteiger partial charge in [-0.1, -0.05) is 51.5 Å². The molecule has 0 heterocycles. The molecular formula is C17H28. The minimum absolute atomic E-state index is 0.654. The summed E-state index contributed by atoms with van der Waals surface area (Å²) in [5, 5.41) is 0. The van der Waals surface area contributed by atoms with Crippen LogP contribution in [0.15, 0.2) is 34.9 Å². The van der Waals surface area contributed by atoms with Gasteiger partial charge in [-0.15, -0.1) is 0 Å². The largest absolute Gasteiger partial charge is 0.0817 e. The van der Waals surface area contributed by atoms with Crippen molar-refractivity contribution in [3.05, 3.63) is 34.9 Å². The molecule has 0 saturated carbocycles. The number of hydrogen-bond acceptors (Lipinski definition) is 0. The van der Waals surface area contributed by atoms with Crippen LogP contribution in [0.5, 0.6) is 0 Å². The van der Waals surface area contributed by atoms with Crippen molar-refractivity contribution >= 4 is 0 Å². The Labute approximate surface area is 108 Å². The fourth-order valence-electron chi connectivity index (χ4n) is 2.06. The number of allylic oxidation sites excluding steroid dienone is 6. The van der Waals surface area contributed by atoms with E-state index in [1.807, 2.05) is 0 Å². The Balaban J connectivity index is 2.92. The minimum Gasteiger partial charge on any atom is -0.0817 e. The highest BCUT2D eigenvalue weighted by molar-refractivity contribution is 5.36. The summed E-state index contributed by atoms with van der Waals surface area (Å²) in [5.41, 5.74) is 4.67. The molecule has 0 amide bonds. The maximum absolute atomic E-state index is 2.43. The topological polar surface area (TPSA) is 0 Å². The predicted octanol–water partition coefficient (Wildman–Crippen LogP) is 5.67. The van der Waals surface area contributed by atoms with Gasteiger partial charge in [-0.25, -0.2) is 0 Å². The summed E-state index contributed by atoms with van der Waals surface area (Å²) in [6.45, 7) is 11.3. The minimum atomic E-state index is 0.654. The lowest BCUT2D eigenvalue weighted by Gasteiger charge is -2.17. The molecule has 0 unspecified atom stereocenters. The van der Waals surface area contributed by atoms with Crippen molar-refractivity contribution in [3.8, 4) is 0 Å². The Kier molecular flexibility index (Phi) is 5.74. The number of hydrogen-bond donors (Lipinski definition) is 0. The molecule has 0 spiro atoms. The van der Waals surface area contributed by atoms with Crippen molar-refractivity contribution in [2.45, 2.75) is 60.3 Å². The summed E-state index contributed by atoms with van der Waals surface area (Å²) < 4.78 is 0. The van der Waals surface area contributed by atoms with Gasteiger partial charge in [0, 0.05) is 0 Å². The molecule has 1 aliphatic rings. The van der Waals surface area contributed by atoms with Crippen LogP contribution in [0.1, 0.15) is 60.3 Å². The molecule has 17 heavy (non-hydrogen) atoms. The average molecular weight is 232 g/mol. The molecule has 0 heteroatoms. The van der Waals surface area contributed by atoms with Crippen LogP contribution in [-0.4, -0.2) is 0 Å². The zero-order chi connectivity index (χ0) is 12.8. The van der Waals surface area contributed by atoms with Crippen molar-refractivity contribution in [2.75, 3.05) is 0 Å². The van der Waals surface area contributed by atoms with Crippen LogP contribution in [0.2, 0.25) is 0 Å². The van der Waals surface area contributed by atoms with Crippen LogP contribution >= 0.6 is 0 Å². The maximum Gasteiger partial charge on any atom is -0.0260 e.